The van der Waals surface area contributed by atoms with Gasteiger partial charge in [0.05, 0.1) is 28.8 Å². The molecule has 1 atom stereocenters. The number of aliphatic carboxylic acids is 1. The van der Waals surface area contributed by atoms with Gasteiger partial charge < -0.3 is 24.7 Å². The molecule has 41 heavy (non-hydrogen) atoms. The first-order valence-electron chi connectivity index (χ1n) is 12.3. The lowest BCUT2D eigenvalue weighted by molar-refractivity contribution is -0.137. The van der Waals surface area contributed by atoms with Crippen LogP contribution in [0.15, 0.2) is 57.9 Å². The molecule has 1 unspecified atom stereocenters. The molecule has 0 amide bonds. The highest BCUT2D eigenvalue weighted by atomic mass is 19.2. The van der Waals surface area contributed by atoms with Gasteiger partial charge in [-0.1, -0.05) is 6.07 Å². The SMILES string of the molecule is Cc1cc(C(C)Nc2c(C(=O)O)ccc(F)c2F)c2oc(-c3ccc(OC(C)C)nc3)cc(=O)c2c1.O=C(O)CF. The molecule has 3 N–H and O–H groups in total. The Morgan fingerprint density at radius 3 is 2.32 bits per heavy atom. The van der Waals surface area contributed by atoms with E-state index in [0.717, 1.165) is 17.7 Å². The van der Waals surface area contributed by atoms with E-state index in [9.17, 15) is 27.9 Å². The molecule has 0 saturated heterocycles. The van der Waals surface area contributed by atoms with Crippen molar-refractivity contribution in [1.82, 2.24) is 4.98 Å². The molecule has 0 radical (unpaired) electrons. The molecule has 2 aromatic heterocycles. The van der Waals surface area contributed by atoms with Crippen molar-refractivity contribution in [2.45, 2.75) is 39.8 Å². The minimum atomic E-state index is -1.41. The van der Waals surface area contributed by atoms with Gasteiger partial charge in [-0.2, -0.15) is 0 Å². The zero-order valence-electron chi connectivity index (χ0n) is 22.5. The van der Waals surface area contributed by atoms with Crippen LogP contribution in [0.3, 0.4) is 0 Å². The fraction of sp³-hybridized carbons (Fsp3) is 0.241. The van der Waals surface area contributed by atoms with Crippen molar-refractivity contribution in [2.24, 2.45) is 0 Å². The molecular formula is C29H27F3N2O7. The number of aryl methyl sites for hydroxylation is 1. The standard InChI is InChI=1S/C27H24F2N2O5.C2H3FO2/c1-13(2)35-23-8-5-16(12-30-23)22-11-21(32)19-10-14(3)9-18(26(19)36-22)15(4)31-25-17(27(33)34)6-7-20(28)24(25)29;3-1-2(4)5/h5-13,15,31H,1-4H3,(H,33,34);1H2,(H,4,5). The summed E-state index contributed by atoms with van der Waals surface area (Å²) in [7, 11) is 0. The van der Waals surface area contributed by atoms with Gasteiger partial charge in [-0.3, -0.25) is 4.79 Å². The number of aromatic nitrogens is 1. The van der Waals surface area contributed by atoms with Gasteiger partial charge in [0.25, 0.3) is 0 Å². The summed E-state index contributed by atoms with van der Waals surface area (Å²) in [5.74, 6) is -4.63. The van der Waals surface area contributed by atoms with Crippen molar-refractivity contribution in [3.8, 4) is 17.2 Å². The van der Waals surface area contributed by atoms with Crippen LogP contribution < -0.4 is 15.5 Å². The lowest BCUT2D eigenvalue weighted by Crippen LogP contribution is -2.14. The van der Waals surface area contributed by atoms with E-state index in [2.05, 4.69) is 10.3 Å². The molecule has 0 bridgehead atoms. The predicted molar refractivity (Wildman–Crippen MR) is 145 cm³/mol. The second kappa shape index (κ2) is 13.0. The molecular weight excluding hydrogens is 545 g/mol. The summed E-state index contributed by atoms with van der Waals surface area (Å²) in [5.41, 5.74) is 0.774. The molecule has 4 rings (SSSR count). The first kappa shape index (κ1) is 30.7. The summed E-state index contributed by atoms with van der Waals surface area (Å²) < 4.78 is 50.7. The maximum Gasteiger partial charge on any atom is 0.337 e. The Hall–Kier alpha value is -4.87. The van der Waals surface area contributed by atoms with E-state index in [4.69, 9.17) is 19.1 Å². The monoisotopic (exact) mass is 572 g/mol. The van der Waals surface area contributed by atoms with E-state index in [1.165, 1.54) is 12.3 Å². The highest BCUT2D eigenvalue weighted by molar-refractivity contribution is 5.94. The first-order valence-corrected chi connectivity index (χ1v) is 12.3. The number of pyridine rings is 1. The molecule has 0 fully saturated rings. The molecule has 2 heterocycles. The van der Waals surface area contributed by atoms with E-state index >= 15 is 0 Å². The van der Waals surface area contributed by atoms with E-state index in [1.807, 2.05) is 13.8 Å². The number of carboxylic acid groups (broad SMARTS) is 2. The van der Waals surface area contributed by atoms with Crippen LogP contribution in [0.25, 0.3) is 22.3 Å². The molecule has 4 aromatic rings. The summed E-state index contributed by atoms with van der Waals surface area (Å²) >= 11 is 0. The third-order valence-corrected chi connectivity index (χ3v) is 5.65. The van der Waals surface area contributed by atoms with Crippen LogP contribution in [0, 0.1) is 18.6 Å². The largest absolute Gasteiger partial charge is 0.479 e. The Labute approximate surface area is 232 Å². The van der Waals surface area contributed by atoms with Crippen molar-refractivity contribution in [1.29, 1.82) is 0 Å². The van der Waals surface area contributed by atoms with Crippen LogP contribution in [0.1, 0.15) is 48.3 Å². The first-order chi connectivity index (χ1) is 19.3. The molecule has 9 nitrogen and oxygen atoms in total. The summed E-state index contributed by atoms with van der Waals surface area (Å²) in [4.78, 5) is 37.8. The Kier molecular flexibility index (Phi) is 9.72. The lowest BCUT2D eigenvalue weighted by Gasteiger charge is -2.20. The summed E-state index contributed by atoms with van der Waals surface area (Å²) in [5, 5.41) is 19.8. The minimum absolute atomic E-state index is 0.0497. The normalized spacial score (nSPS) is 11.5. The highest BCUT2D eigenvalue weighted by Gasteiger charge is 2.22. The summed E-state index contributed by atoms with van der Waals surface area (Å²) in [6.45, 7) is 5.90. The van der Waals surface area contributed by atoms with Gasteiger partial charge in [0, 0.05) is 29.5 Å². The molecule has 0 saturated carbocycles. The maximum absolute atomic E-state index is 14.6. The number of halogens is 3. The highest BCUT2D eigenvalue weighted by Crippen LogP contribution is 2.33. The van der Waals surface area contributed by atoms with Crippen molar-refractivity contribution < 1.29 is 42.1 Å². The number of rotatable bonds is 8. The van der Waals surface area contributed by atoms with Crippen LogP contribution in [0.5, 0.6) is 5.88 Å². The van der Waals surface area contributed by atoms with Gasteiger partial charge in [-0.15, -0.1) is 0 Å². The topological polar surface area (TPSA) is 139 Å². The van der Waals surface area contributed by atoms with Gasteiger partial charge in [0.1, 0.15) is 11.3 Å². The summed E-state index contributed by atoms with van der Waals surface area (Å²) in [6.07, 6.45) is 1.48. The minimum Gasteiger partial charge on any atom is -0.479 e. The van der Waals surface area contributed by atoms with E-state index < -0.39 is 47.5 Å². The number of ether oxygens (including phenoxy) is 1. The second-order valence-corrected chi connectivity index (χ2v) is 9.24. The van der Waals surface area contributed by atoms with Gasteiger partial charge in [0.15, 0.2) is 23.7 Å². The number of hydrogen-bond donors (Lipinski definition) is 3. The van der Waals surface area contributed by atoms with Gasteiger partial charge in [0.2, 0.25) is 5.88 Å². The number of nitrogens with one attached hydrogen (secondary N) is 1. The van der Waals surface area contributed by atoms with Crippen molar-refractivity contribution >= 4 is 28.6 Å². The number of fused-ring (bicyclic) bond motifs is 1. The Bertz CT molecular complexity index is 1640. The molecule has 216 valence electrons. The number of benzene rings is 2. The third-order valence-electron chi connectivity index (χ3n) is 5.65. The average Bonchev–Trinajstić information content (AvgIpc) is 2.91. The maximum atomic E-state index is 14.6. The third kappa shape index (κ3) is 7.41. The number of hydrogen-bond acceptors (Lipinski definition) is 7. The quantitative estimate of drug-likeness (QED) is 0.227. The Balaban J connectivity index is 0.000000850. The van der Waals surface area contributed by atoms with Crippen LogP contribution in [-0.4, -0.2) is 39.9 Å². The zero-order valence-corrected chi connectivity index (χ0v) is 22.5. The Morgan fingerprint density at radius 2 is 1.76 bits per heavy atom. The van der Waals surface area contributed by atoms with Crippen molar-refractivity contribution in [3.05, 3.63) is 87.2 Å². The number of carboxylic acids is 2. The molecule has 0 spiro atoms. The van der Waals surface area contributed by atoms with Crippen LogP contribution in [0.4, 0.5) is 18.9 Å². The van der Waals surface area contributed by atoms with Crippen molar-refractivity contribution in [2.75, 3.05) is 12.0 Å². The number of nitrogens with zero attached hydrogens (tertiary/aromatic N) is 1. The fourth-order valence-corrected chi connectivity index (χ4v) is 3.90. The van der Waals surface area contributed by atoms with Crippen LogP contribution >= 0.6 is 0 Å². The average molecular weight is 573 g/mol. The van der Waals surface area contributed by atoms with Crippen molar-refractivity contribution in [3.63, 3.8) is 0 Å². The number of alkyl halides is 1. The Morgan fingerprint density at radius 1 is 1.07 bits per heavy atom. The van der Waals surface area contributed by atoms with Gasteiger partial charge >= 0.3 is 11.9 Å². The van der Waals surface area contributed by atoms with Crippen LogP contribution in [0.2, 0.25) is 0 Å². The summed E-state index contributed by atoms with van der Waals surface area (Å²) in [6, 6.07) is 9.15. The van der Waals surface area contributed by atoms with E-state index in [1.54, 1.807) is 38.1 Å². The number of anilines is 1. The number of aromatic carboxylic acids is 1. The smallest absolute Gasteiger partial charge is 0.337 e. The van der Waals surface area contributed by atoms with Gasteiger partial charge in [-0.25, -0.2) is 27.7 Å². The van der Waals surface area contributed by atoms with E-state index in [0.29, 0.717) is 22.4 Å². The molecule has 2 aromatic carbocycles. The van der Waals surface area contributed by atoms with Gasteiger partial charge in [-0.05, 0) is 57.5 Å². The molecule has 0 aliphatic heterocycles. The van der Waals surface area contributed by atoms with Crippen LogP contribution in [-0.2, 0) is 4.79 Å². The lowest BCUT2D eigenvalue weighted by atomic mass is 10.00. The zero-order chi connectivity index (χ0) is 30.4. The number of carbonyl (C=O) groups is 2. The molecule has 12 heteroatoms. The predicted octanol–water partition coefficient (Wildman–Crippen LogP) is 6.14. The second-order valence-electron chi connectivity index (χ2n) is 9.24. The molecule has 0 aliphatic carbocycles. The van der Waals surface area contributed by atoms with E-state index in [-0.39, 0.29) is 22.9 Å². The fourth-order valence-electron chi connectivity index (χ4n) is 3.90. The molecule has 0 aliphatic rings.